The van der Waals surface area contributed by atoms with Crippen LogP contribution in [0, 0.1) is 0 Å². The maximum Gasteiger partial charge on any atom is 0.287 e. The Morgan fingerprint density at radius 1 is 1.22 bits per heavy atom. The fourth-order valence-corrected chi connectivity index (χ4v) is 3.80. The average molecular weight is 431 g/mol. The minimum absolute atomic E-state index is 0.00483. The molecule has 6 nitrogen and oxygen atoms in total. The second-order valence-corrected chi connectivity index (χ2v) is 7.52. The molecular weight excluding hydrogens is 412 g/mol. The molecule has 1 fully saturated rings. The van der Waals surface area contributed by atoms with E-state index in [1.807, 2.05) is 12.1 Å². The number of likely N-dealkylation sites (tertiary alicyclic amines) is 1. The lowest BCUT2D eigenvalue weighted by Crippen LogP contribution is -2.36. The van der Waals surface area contributed by atoms with E-state index in [1.54, 1.807) is 24.5 Å². The van der Waals surface area contributed by atoms with Gasteiger partial charge in [0.15, 0.2) is 11.2 Å². The second kappa shape index (κ2) is 7.70. The van der Waals surface area contributed by atoms with E-state index < -0.39 is 5.91 Å². The number of nitrogens with zero attached hydrogens (tertiary/aromatic N) is 1. The third-order valence-corrected chi connectivity index (χ3v) is 5.32. The smallest absolute Gasteiger partial charge is 0.287 e. The molecule has 0 radical (unpaired) electrons. The normalized spacial score (nSPS) is 15.9. The fourth-order valence-electron chi connectivity index (χ4n) is 3.46. The standard InChI is InChI=1S/C20H19BrN2O4/c21-13-5-6-14-16(24)11-19(27-18(14)10-13)20(25)22-12-15(17-4-3-9-26-17)23-7-1-2-8-23/h3-6,9-11,15H,1-2,7-8,12H2,(H,22,25)/t15-/m0/s1. The van der Waals surface area contributed by atoms with Crippen LogP contribution in [0.25, 0.3) is 11.0 Å². The number of fused-ring (bicyclic) bond motifs is 1. The van der Waals surface area contributed by atoms with E-state index in [-0.39, 0.29) is 17.2 Å². The topological polar surface area (TPSA) is 75.7 Å². The summed E-state index contributed by atoms with van der Waals surface area (Å²) in [6.07, 6.45) is 3.92. The lowest BCUT2D eigenvalue weighted by Gasteiger charge is -2.25. The van der Waals surface area contributed by atoms with Gasteiger partial charge in [0.05, 0.1) is 17.7 Å². The van der Waals surface area contributed by atoms with Crippen molar-refractivity contribution in [2.75, 3.05) is 19.6 Å². The van der Waals surface area contributed by atoms with Crippen molar-refractivity contribution in [1.29, 1.82) is 0 Å². The number of hydrogen-bond acceptors (Lipinski definition) is 5. The third kappa shape index (κ3) is 3.84. The van der Waals surface area contributed by atoms with Crippen LogP contribution in [0.1, 0.15) is 35.2 Å². The molecule has 27 heavy (non-hydrogen) atoms. The Bertz CT molecular complexity index is 1010. The number of nitrogens with one attached hydrogen (secondary N) is 1. The first-order valence-corrected chi connectivity index (χ1v) is 9.70. The molecule has 2 aromatic heterocycles. The minimum Gasteiger partial charge on any atom is -0.468 e. The molecule has 3 heterocycles. The Morgan fingerprint density at radius 2 is 2.04 bits per heavy atom. The lowest BCUT2D eigenvalue weighted by molar-refractivity contribution is 0.0906. The van der Waals surface area contributed by atoms with Crippen molar-refractivity contribution in [2.24, 2.45) is 0 Å². The van der Waals surface area contributed by atoms with Gasteiger partial charge >= 0.3 is 0 Å². The number of halogens is 1. The van der Waals surface area contributed by atoms with E-state index in [1.165, 1.54) is 6.07 Å². The molecule has 1 saturated heterocycles. The first-order valence-electron chi connectivity index (χ1n) is 8.91. The molecule has 4 rings (SSSR count). The van der Waals surface area contributed by atoms with Gasteiger partial charge in [-0.1, -0.05) is 15.9 Å². The number of carbonyl (C=O) groups excluding carboxylic acids is 1. The van der Waals surface area contributed by atoms with Crippen LogP contribution in [0.15, 0.2) is 60.8 Å². The number of rotatable bonds is 5. The quantitative estimate of drug-likeness (QED) is 0.667. The Morgan fingerprint density at radius 3 is 2.78 bits per heavy atom. The molecule has 0 bridgehead atoms. The van der Waals surface area contributed by atoms with Crippen LogP contribution in [-0.2, 0) is 0 Å². The monoisotopic (exact) mass is 430 g/mol. The molecule has 1 N–H and O–H groups in total. The maximum absolute atomic E-state index is 12.6. The number of hydrogen-bond donors (Lipinski definition) is 1. The molecule has 1 atom stereocenters. The summed E-state index contributed by atoms with van der Waals surface area (Å²) in [6, 6.07) is 10.1. The van der Waals surface area contributed by atoms with Crippen LogP contribution in [0.5, 0.6) is 0 Å². The molecule has 1 aliphatic rings. The fraction of sp³-hybridized carbons (Fsp3) is 0.300. The molecule has 0 spiro atoms. The summed E-state index contributed by atoms with van der Waals surface area (Å²) >= 11 is 3.35. The van der Waals surface area contributed by atoms with Crippen LogP contribution in [0.3, 0.4) is 0 Å². The highest BCUT2D eigenvalue weighted by atomic mass is 79.9. The van der Waals surface area contributed by atoms with Gasteiger partial charge in [0, 0.05) is 17.1 Å². The minimum atomic E-state index is -0.412. The van der Waals surface area contributed by atoms with E-state index >= 15 is 0 Å². The van der Waals surface area contributed by atoms with Gasteiger partial charge in [-0.25, -0.2) is 0 Å². The van der Waals surface area contributed by atoms with Crippen molar-refractivity contribution < 1.29 is 13.6 Å². The van der Waals surface area contributed by atoms with Gasteiger partial charge in [0.1, 0.15) is 11.3 Å². The summed E-state index contributed by atoms with van der Waals surface area (Å²) in [5.74, 6) is 0.413. The molecule has 3 aromatic rings. The van der Waals surface area contributed by atoms with Crippen molar-refractivity contribution in [3.05, 3.63) is 68.9 Å². The summed E-state index contributed by atoms with van der Waals surface area (Å²) in [4.78, 5) is 27.2. The molecule has 0 saturated carbocycles. The summed E-state index contributed by atoms with van der Waals surface area (Å²) < 4.78 is 12.0. The van der Waals surface area contributed by atoms with Crippen molar-refractivity contribution in [3.63, 3.8) is 0 Å². The number of furan rings is 1. The number of benzene rings is 1. The Labute approximate surface area is 164 Å². The molecule has 1 aliphatic heterocycles. The van der Waals surface area contributed by atoms with Crippen LogP contribution in [0.2, 0.25) is 0 Å². The van der Waals surface area contributed by atoms with Gasteiger partial charge in [-0.3, -0.25) is 14.5 Å². The Balaban J connectivity index is 1.54. The first-order chi connectivity index (χ1) is 13.1. The molecule has 1 aromatic carbocycles. The highest BCUT2D eigenvalue weighted by Crippen LogP contribution is 2.25. The van der Waals surface area contributed by atoms with E-state index in [0.29, 0.717) is 17.5 Å². The van der Waals surface area contributed by atoms with Crippen molar-refractivity contribution >= 4 is 32.8 Å². The van der Waals surface area contributed by atoms with Crippen molar-refractivity contribution in [3.8, 4) is 0 Å². The number of carbonyl (C=O) groups is 1. The summed E-state index contributed by atoms with van der Waals surface area (Å²) in [7, 11) is 0. The highest BCUT2D eigenvalue weighted by molar-refractivity contribution is 9.10. The van der Waals surface area contributed by atoms with E-state index in [4.69, 9.17) is 8.83 Å². The van der Waals surface area contributed by atoms with Crippen molar-refractivity contribution in [1.82, 2.24) is 10.2 Å². The number of amides is 1. The molecule has 0 aliphatic carbocycles. The molecule has 7 heteroatoms. The predicted octanol–water partition coefficient (Wildman–Crippen LogP) is 3.72. The maximum atomic E-state index is 12.6. The summed E-state index contributed by atoms with van der Waals surface area (Å²) in [5, 5.41) is 3.33. The van der Waals surface area contributed by atoms with Crippen LogP contribution >= 0.6 is 15.9 Å². The SMILES string of the molecule is O=C(NC[C@@H](c1ccco1)N1CCCC1)c1cc(=O)c2ccc(Br)cc2o1. The Kier molecular flexibility index (Phi) is 5.13. The molecular formula is C20H19BrN2O4. The third-order valence-electron chi connectivity index (χ3n) is 4.82. The average Bonchev–Trinajstić information content (AvgIpc) is 3.35. The van der Waals surface area contributed by atoms with Crippen molar-refractivity contribution in [2.45, 2.75) is 18.9 Å². The highest BCUT2D eigenvalue weighted by Gasteiger charge is 2.26. The van der Waals surface area contributed by atoms with Gasteiger partial charge in [-0.2, -0.15) is 0 Å². The molecule has 1 amide bonds. The largest absolute Gasteiger partial charge is 0.468 e. The molecule has 0 unspecified atom stereocenters. The van der Waals surface area contributed by atoms with E-state index in [2.05, 4.69) is 26.1 Å². The van der Waals surface area contributed by atoms with Gasteiger partial charge < -0.3 is 14.2 Å². The Hall–Kier alpha value is -2.38. The second-order valence-electron chi connectivity index (χ2n) is 6.60. The van der Waals surface area contributed by atoms with Gasteiger partial charge in [-0.15, -0.1) is 0 Å². The van der Waals surface area contributed by atoms with Crippen LogP contribution in [-0.4, -0.2) is 30.4 Å². The summed E-state index contributed by atoms with van der Waals surface area (Å²) in [6.45, 7) is 2.33. The lowest BCUT2D eigenvalue weighted by atomic mass is 10.2. The van der Waals surface area contributed by atoms with Crippen LogP contribution in [0.4, 0.5) is 0 Å². The predicted molar refractivity (Wildman–Crippen MR) is 105 cm³/mol. The summed E-state index contributed by atoms with van der Waals surface area (Å²) in [5.41, 5.74) is 0.139. The zero-order valence-corrected chi connectivity index (χ0v) is 16.2. The van der Waals surface area contributed by atoms with Gasteiger partial charge in [0.25, 0.3) is 5.91 Å². The zero-order chi connectivity index (χ0) is 18.8. The van der Waals surface area contributed by atoms with E-state index in [9.17, 15) is 9.59 Å². The zero-order valence-electron chi connectivity index (χ0n) is 14.6. The van der Waals surface area contributed by atoms with Crippen LogP contribution < -0.4 is 10.7 Å². The molecule has 140 valence electrons. The van der Waals surface area contributed by atoms with Gasteiger partial charge in [-0.05, 0) is 56.3 Å². The van der Waals surface area contributed by atoms with E-state index in [0.717, 1.165) is 36.2 Å². The first kappa shape index (κ1) is 18.0. The van der Waals surface area contributed by atoms with Gasteiger partial charge in [0.2, 0.25) is 0 Å².